The lowest BCUT2D eigenvalue weighted by Gasteiger charge is -2.42. The Morgan fingerprint density at radius 3 is 2.58 bits per heavy atom. The van der Waals surface area contributed by atoms with E-state index in [0.717, 1.165) is 18.1 Å². The molecule has 0 aliphatic heterocycles. The van der Waals surface area contributed by atoms with Crippen LogP contribution >= 0.6 is 11.6 Å². The molecule has 0 radical (unpaired) electrons. The molecule has 1 aliphatic rings. The van der Waals surface area contributed by atoms with Crippen molar-refractivity contribution < 1.29 is 0 Å². The predicted molar refractivity (Wildman–Crippen MR) is 82.5 cm³/mol. The Morgan fingerprint density at radius 1 is 1.37 bits per heavy atom. The van der Waals surface area contributed by atoms with Gasteiger partial charge in [-0.2, -0.15) is 0 Å². The number of nitrogens with zero attached hydrogens (tertiary/aromatic N) is 1. The van der Waals surface area contributed by atoms with E-state index < -0.39 is 0 Å². The highest BCUT2D eigenvalue weighted by Crippen LogP contribution is 2.43. The normalized spacial score (nSPS) is 19.2. The fourth-order valence-corrected chi connectivity index (χ4v) is 3.19. The number of hydrogen-bond acceptors (Lipinski definition) is 2. The molecule has 2 nitrogen and oxygen atoms in total. The number of halogens is 1. The number of nitrogens with two attached hydrogens (primary N) is 1. The van der Waals surface area contributed by atoms with Gasteiger partial charge in [-0.3, -0.25) is 4.90 Å². The molecule has 19 heavy (non-hydrogen) atoms. The van der Waals surface area contributed by atoms with E-state index >= 15 is 0 Å². The summed E-state index contributed by atoms with van der Waals surface area (Å²) in [7, 11) is 2.18. The Bertz CT molecular complexity index is 409. The molecule has 0 amide bonds. The molecule has 0 heterocycles. The van der Waals surface area contributed by atoms with Gasteiger partial charge in [0.2, 0.25) is 0 Å². The predicted octanol–water partition coefficient (Wildman–Crippen LogP) is 3.85. The van der Waals surface area contributed by atoms with E-state index in [1.54, 1.807) is 0 Å². The average molecular weight is 281 g/mol. The van der Waals surface area contributed by atoms with Crippen molar-refractivity contribution in [1.29, 1.82) is 0 Å². The molecular formula is C16H25ClN2. The Kier molecular flexibility index (Phi) is 4.88. The van der Waals surface area contributed by atoms with E-state index in [4.69, 9.17) is 17.3 Å². The molecule has 3 heteroatoms. The summed E-state index contributed by atoms with van der Waals surface area (Å²) in [5.74, 6) is 0. The van der Waals surface area contributed by atoms with E-state index in [1.165, 1.54) is 31.2 Å². The zero-order chi connectivity index (χ0) is 13.9. The molecule has 1 atom stereocenters. The minimum absolute atomic E-state index is 0.351. The first-order valence-corrected chi connectivity index (χ1v) is 7.60. The standard InChI is InChI=1S/C16H25ClN2/c1-13(14-6-3-4-7-15(14)17)19(2)11-10-16(12-18)8-5-9-16/h3-4,6-7,13H,5,8-12,18H2,1-2H3. The van der Waals surface area contributed by atoms with Crippen LogP contribution in [-0.4, -0.2) is 25.0 Å². The molecule has 1 aromatic rings. The van der Waals surface area contributed by atoms with E-state index in [-0.39, 0.29) is 0 Å². The highest BCUT2D eigenvalue weighted by atomic mass is 35.5. The maximum Gasteiger partial charge on any atom is 0.0453 e. The van der Waals surface area contributed by atoms with Crippen LogP contribution in [0.2, 0.25) is 5.02 Å². The Hall–Kier alpha value is -0.570. The number of rotatable bonds is 6. The van der Waals surface area contributed by atoms with Crippen molar-refractivity contribution in [1.82, 2.24) is 4.90 Å². The molecule has 0 aromatic heterocycles. The maximum atomic E-state index is 6.27. The summed E-state index contributed by atoms with van der Waals surface area (Å²) < 4.78 is 0. The van der Waals surface area contributed by atoms with Crippen molar-refractivity contribution in [3.63, 3.8) is 0 Å². The summed E-state index contributed by atoms with van der Waals surface area (Å²) >= 11 is 6.27. The van der Waals surface area contributed by atoms with Crippen molar-refractivity contribution in [3.8, 4) is 0 Å². The van der Waals surface area contributed by atoms with Gasteiger partial charge in [-0.1, -0.05) is 36.2 Å². The third-order valence-corrected chi connectivity index (χ3v) is 5.20. The van der Waals surface area contributed by atoms with Gasteiger partial charge in [0.25, 0.3) is 0 Å². The van der Waals surface area contributed by atoms with Crippen LogP contribution in [0.5, 0.6) is 0 Å². The molecular weight excluding hydrogens is 256 g/mol. The average Bonchev–Trinajstić information content (AvgIpc) is 2.37. The molecule has 1 fully saturated rings. The summed E-state index contributed by atoms with van der Waals surface area (Å²) in [6.07, 6.45) is 5.16. The van der Waals surface area contributed by atoms with Crippen LogP contribution < -0.4 is 5.73 Å². The Balaban J connectivity index is 1.92. The molecule has 2 rings (SSSR count). The van der Waals surface area contributed by atoms with Crippen LogP contribution in [0.15, 0.2) is 24.3 Å². The van der Waals surface area contributed by atoms with Gasteiger partial charge in [0.05, 0.1) is 0 Å². The summed E-state index contributed by atoms with van der Waals surface area (Å²) in [4.78, 5) is 2.39. The molecule has 1 saturated carbocycles. The Morgan fingerprint density at radius 2 is 2.05 bits per heavy atom. The fourth-order valence-electron chi connectivity index (χ4n) is 2.89. The van der Waals surface area contributed by atoms with Gasteiger partial charge in [0, 0.05) is 11.1 Å². The third kappa shape index (κ3) is 3.31. The van der Waals surface area contributed by atoms with E-state index in [9.17, 15) is 0 Å². The monoisotopic (exact) mass is 280 g/mol. The van der Waals surface area contributed by atoms with Crippen molar-refractivity contribution in [2.75, 3.05) is 20.1 Å². The van der Waals surface area contributed by atoms with Gasteiger partial charge in [0.15, 0.2) is 0 Å². The van der Waals surface area contributed by atoms with Crippen molar-refractivity contribution in [3.05, 3.63) is 34.9 Å². The zero-order valence-corrected chi connectivity index (χ0v) is 12.8. The van der Waals surface area contributed by atoms with Crippen LogP contribution in [0.3, 0.4) is 0 Å². The topological polar surface area (TPSA) is 29.3 Å². The minimum atomic E-state index is 0.351. The van der Waals surface area contributed by atoms with Crippen LogP contribution in [0.4, 0.5) is 0 Å². The summed E-state index contributed by atoms with van der Waals surface area (Å²) in [5, 5.41) is 0.860. The summed E-state index contributed by atoms with van der Waals surface area (Å²) in [6, 6.07) is 8.47. The first-order valence-electron chi connectivity index (χ1n) is 7.23. The number of benzene rings is 1. The van der Waals surface area contributed by atoms with E-state index in [1.807, 2.05) is 12.1 Å². The van der Waals surface area contributed by atoms with Crippen LogP contribution in [-0.2, 0) is 0 Å². The van der Waals surface area contributed by atoms with Crippen LogP contribution in [0.25, 0.3) is 0 Å². The lowest BCUT2D eigenvalue weighted by Crippen LogP contribution is -2.40. The van der Waals surface area contributed by atoms with Gasteiger partial charge >= 0.3 is 0 Å². The summed E-state index contributed by atoms with van der Waals surface area (Å²) in [6.45, 7) is 4.14. The molecule has 0 saturated heterocycles. The SMILES string of the molecule is CC(c1ccccc1Cl)N(C)CCC1(CN)CCC1. The zero-order valence-electron chi connectivity index (χ0n) is 12.0. The second-order valence-corrected chi connectivity index (χ2v) is 6.39. The molecule has 106 valence electrons. The minimum Gasteiger partial charge on any atom is -0.330 e. The quantitative estimate of drug-likeness (QED) is 0.858. The largest absolute Gasteiger partial charge is 0.330 e. The molecule has 0 spiro atoms. The molecule has 1 aromatic carbocycles. The lowest BCUT2D eigenvalue weighted by atomic mass is 9.66. The van der Waals surface area contributed by atoms with Crippen LogP contribution in [0.1, 0.15) is 44.2 Å². The van der Waals surface area contributed by atoms with Gasteiger partial charge in [-0.15, -0.1) is 0 Å². The smallest absolute Gasteiger partial charge is 0.0453 e. The second kappa shape index (κ2) is 6.25. The fraction of sp³-hybridized carbons (Fsp3) is 0.625. The summed E-state index contributed by atoms with van der Waals surface area (Å²) in [5.41, 5.74) is 7.56. The number of hydrogen-bond donors (Lipinski definition) is 1. The third-order valence-electron chi connectivity index (χ3n) is 4.86. The lowest BCUT2D eigenvalue weighted by molar-refractivity contribution is 0.103. The molecule has 0 bridgehead atoms. The molecule has 2 N–H and O–H groups in total. The van der Waals surface area contributed by atoms with Gasteiger partial charge in [-0.05, 0) is 63.4 Å². The van der Waals surface area contributed by atoms with Crippen molar-refractivity contribution >= 4 is 11.6 Å². The maximum absolute atomic E-state index is 6.27. The first-order chi connectivity index (χ1) is 9.08. The highest BCUT2D eigenvalue weighted by Gasteiger charge is 2.35. The first kappa shape index (κ1) is 14.8. The van der Waals surface area contributed by atoms with Crippen molar-refractivity contribution in [2.45, 2.75) is 38.6 Å². The second-order valence-electron chi connectivity index (χ2n) is 5.99. The van der Waals surface area contributed by atoms with Crippen LogP contribution in [0, 0.1) is 5.41 Å². The molecule has 1 unspecified atom stereocenters. The van der Waals surface area contributed by atoms with Gasteiger partial charge < -0.3 is 5.73 Å². The Labute approximate surface area is 121 Å². The van der Waals surface area contributed by atoms with E-state index in [2.05, 4.69) is 31.0 Å². The van der Waals surface area contributed by atoms with E-state index in [0.29, 0.717) is 11.5 Å². The van der Waals surface area contributed by atoms with Crippen molar-refractivity contribution in [2.24, 2.45) is 11.1 Å². The molecule has 1 aliphatic carbocycles. The highest BCUT2D eigenvalue weighted by molar-refractivity contribution is 6.31. The van der Waals surface area contributed by atoms with Gasteiger partial charge in [0.1, 0.15) is 0 Å². The van der Waals surface area contributed by atoms with Gasteiger partial charge in [-0.25, -0.2) is 0 Å².